The standard InChI is InChI=1S/C17H23F3N4O3.ClH/c1-11(21)12-3-2-8-23(10-12)16(25)6-7-22-14-5-4-13(17(18,19)20)9-15(14)24(26)27;/h4-5,9,11-12,22H,2-3,6-8,10,21H2,1H3;1H. The number of rotatable bonds is 6. The van der Waals surface area contributed by atoms with Crippen molar-refractivity contribution in [1.29, 1.82) is 0 Å². The summed E-state index contributed by atoms with van der Waals surface area (Å²) in [5, 5.41) is 13.8. The Labute approximate surface area is 167 Å². The van der Waals surface area contributed by atoms with Gasteiger partial charge in [-0.2, -0.15) is 13.2 Å². The van der Waals surface area contributed by atoms with Crippen LogP contribution in [0.3, 0.4) is 0 Å². The Morgan fingerprint density at radius 1 is 1.46 bits per heavy atom. The highest BCUT2D eigenvalue weighted by molar-refractivity contribution is 5.85. The first-order chi connectivity index (χ1) is 12.6. The minimum Gasteiger partial charge on any atom is -0.379 e. The topological polar surface area (TPSA) is 102 Å². The summed E-state index contributed by atoms with van der Waals surface area (Å²) in [5.41, 5.74) is 4.09. The SMILES string of the molecule is CC(N)C1CCCN(C(=O)CCNc2ccc(C(F)(F)F)cc2[N+](=O)[O-])C1.Cl. The van der Waals surface area contributed by atoms with Gasteiger partial charge in [-0.1, -0.05) is 0 Å². The first kappa shape index (κ1) is 24.0. The van der Waals surface area contributed by atoms with E-state index in [-0.39, 0.29) is 48.9 Å². The zero-order valence-electron chi connectivity index (χ0n) is 15.4. The maximum Gasteiger partial charge on any atom is 0.416 e. The van der Waals surface area contributed by atoms with Crippen LogP contribution in [0.1, 0.15) is 31.7 Å². The lowest BCUT2D eigenvalue weighted by atomic mass is 9.92. The molecule has 0 bridgehead atoms. The molecule has 2 rings (SSSR count). The van der Waals surface area contributed by atoms with Gasteiger partial charge in [0.1, 0.15) is 5.69 Å². The predicted octanol–water partition coefficient (Wildman–Crippen LogP) is 3.42. The number of nitrogens with two attached hydrogens (primary N) is 1. The molecular formula is C17H24ClF3N4O3. The molecule has 1 fully saturated rings. The van der Waals surface area contributed by atoms with Crippen molar-refractivity contribution in [3.05, 3.63) is 33.9 Å². The van der Waals surface area contributed by atoms with Gasteiger partial charge in [-0.05, 0) is 37.8 Å². The zero-order chi connectivity index (χ0) is 20.2. The van der Waals surface area contributed by atoms with Gasteiger partial charge in [0.05, 0.1) is 10.5 Å². The van der Waals surface area contributed by atoms with E-state index in [0.717, 1.165) is 25.0 Å². The number of piperidine rings is 1. The Bertz CT molecular complexity index is 701. The Morgan fingerprint density at radius 2 is 2.14 bits per heavy atom. The average Bonchev–Trinajstić information content (AvgIpc) is 2.60. The second kappa shape index (κ2) is 9.92. The fraction of sp³-hybridized carbons (Fsp3) is 0.588. The summed E-state index contributed by atoms with van der Waals surface area (Å²) in [6, 6.07) is 2.27. The van der Waals surface area contributed by atoms with E-state index in [1.54, 1.807) is 4.90 Å². The van der Waals surface area contributed by atoms with Crippen molar-refractivity contribution in [2.75, 3.05) is 25.0 Å². The van der Waals surface area contributed by atoms with Crippen LogP contribution in [-0.4, -0.2) is 41.4 Å². The van der Waals surface area contributed by atoms with E-state index in [1.807, 2.05) is 6.92 Å². The van der Waals surface area contributed by atoms with E-state index in [4.69, 9.17) is 5.73 Å². The number of halogens is 4. The minimum atomic E-state index is -4.66. The summed E-state index contributed by atoms with van der Waals surface area (Å²) in [6.45, 7) is 3.22. The third-order valence-corrected chi connectivity index (χ3v) is 4.73. The Morgan fingerprint density at radius 3 is 2.71 bits per heavy atom. The van der Waals surface area contributed by atoms with Crippen LogP contribution in [0, 0.1) is 16.0 Å². The number of nitrogens with zero attached hydrogens (tertiary/aromatic N) is 2. The third-order valence-electron chi connectivity index (χ3n) is 4.73. The Kier molecular flexibility index (Phi) is 8.49. The fourth-order valence-electron chi connectivity index (χ4n) is 3.14. The lowest BCUT2D eigenvalue weighted by Gasteiger charge is -2.34. The van der Waals surface area contributed by atoms with Crippen LogP contribution < -0.4 is 11.1 Å². The number of carbonyl (C=O) groups is 1. The molecule has 1 aliphatic rings. The second-order valence-electron chi connectivity index (χ2n) is 6.76. The lowest BCUT2D eigenvalue weighted by molar-refractivity contribution is -0.384. The molecule has 1 saturated heterocycles. The van der Waals surface area contributed by atoms with Crippen molar-refractivity contribution in [2.45, 2.75) is 38.4 Å². The summed E-state index contributed by atoms with van der Waals surface area (Å²) >= 11 is 0. The quantitative estimate of drug-likeness (QED) is 0.538. The van der Waals surface area contributed by atoms with E-state index in [2.05, 4.69) is 5.32 Å². The highest BCUT2D eigenvalue weighted by Crippen LogP contribution is 2.34. The van der Waals surface area contributed by atoms with Crippen molar-refractivity contribution in [2.24, 2.45) is 11.7 Å². The minimum absolute atomic E-state index is 0. The number of benzene rings is 1. The summed E-state index contributed by atoms with van der Waals surface area (Å²) in [5.74, 6) is 0.133. The van der Waals surface area contributed by atoms with Crippen LogP contribution in [0.5, 0.6) is 0 Å². The largest absolute Gasteiger partial charge is 0.416 e. The molecule has 28 heavy (non-hydrogen) atoms. The van der Waals surface area contributed by atoms with E-state index in [1.165, 1.54) is 0 Å². The van der Waals surface area contributed by atoms with E-state index < -0.39 is 22.4 Å². The van der Waals surface area contributed by atoms with Crippen molar-refractivity contribution in [3.8, 4) is 0 Å². The van der Waals surface area contributed by atoms with Crippen LogP contribution in [0.2, 0.25) is 0 Å². The molecule has 0 aromatic heterocycles. The van der Waals surface area contributed by atoms with Gasteiger partial charge in [-0.3, -0.25) is 14.9 Å². The van der Waals surface area contributed by atoms with Crippen LogP contribution in [0.25, 0.3) is 0 Å². The molecule has 158 valence electrons. The second-order valence-corrected chi connectivity index (χ2v) is 6.76. The number of alkyl halides is 3. The van der Waals surface area contributed by atoms with Crippen LogP contribution in [0.4, 0.5) is 24.5 Å². The fourth-order valence-corrected chi connectivity index (χ4v) is 3.14. The van der Waals surface area contributed by atoms with Gasteiger partial charge in [-0.15, -0.1) is 12.4 Å². The molecule has 0 saturated carbocycles. The number of likely N-dealkylation sites (tertiary alicyclic amines) is 1. The number of nitro benzene ring substituents is 1. The maximum absolute atomic E-state index is 12.7. The molecule has 2 unspecified atom stereocenters. The van der Waals surface area contributed by atoms with E-state index >= 15 is 0 Å². The van der Waals surface area contributed by atoms with Crippen molar-refractivity contribution < 1.29 is 22.9 Å². The van der Waals surface area contributed by atoms with Crippen LogP contribution in [0.15, 0.2) is 18.2 Å². The molecule has 11 heteroatoms. The molecule has 1 amide bonds. The van der Waals surface area contributed by atoms with Crippen molar-refractivity contribution in [3.63, 3.8) is 0 Å². The summed E-state index contributed by atoms with van der Waals surface area (Å²) in [4.78, 5) is 24.2. The highest BCUT2D eigenvalue weighted by Gasteiger charge is 2.33. The van der Waals surface area contributed by atoms with Crippen LogP contribution in [-0.2, 0) is 11.0 Å². The summed E-state index contributed by atoms with van der Waals surface area (Å²) < 4.78 is 38.1. The van der Waals surface area contributed by atoms with E-state index in [9.17, 15) is 28.1 Å². The first-order valence-electron chi connectivity index (χ1n) is 8.72. The smallest absolute Gasteiger partial charge is 0.379 e. The average molecular weight is 425 g/mol. The molecule has 2 atom stereocenters. The van der Waals surface area contributed by atoms with E-state index in [0.29, 0.717) is 19.2 Å². The van der Waals surface area contributed by atoms with Gasteiger partial charge in [0.25, 0.3) is 5.69 Å². The molecule has 1 heterocycles. The normalized spacial score (nSPS) is 18.2. The maximum atomic E-state index is 12.7. The molecule has 0 radical (unpaired) electrons. The monoisotopic (exact) mass is 424 g/mol. The predicted molar refractivity (Wildman–Crippen MR) is 101 cm³/mol. The number of nitrogens with one attached hydrogen (secondary N) is 1. The molecule has 3 N–H and O–H groups in total. The van der Waals surface area contributed by atoms with Crippen molar-refractivity contribution in [1.82, 2.24) is 4.90 Å². The molecular weight excluding hydrogens is 401 g/mol. The Hall–Kier alpha value is -2.07. The Balaban J connectivity index is 0.00000392. The number of carbonyl (C=O) groups excluding carboxylic acids is 1. The number of amides is 1. The van der Waals surface area contributed by atoms with Crippen LogP contribution >= 0.6 is 12.4 Å². The third kappa shape index (κ3) is 6.23. The highest BCUT2D eigenvalue weighted by atomic mass is 35.5. The first-order valence-corrected chi connectivity index (χ1v) is 8.72. The van der Waals surface area contributed by atoms with Gasteiger partial charge in [0.2, 0.25) is 5.91 Å². The van der Waals surface area contributed by atoms with Gasteiger partial charge in [0, 0.05) is 38.2 Å². The van der Waals surface area contributed by atoms with Gasteiger partial charge in [0.15, 0.2) is 0 Å². The molecule has 1 aliphatic heterocycles. The molecule has 1 aromatic rings. The lowest BCUT2D eigenvalue weighted by Crippen LogP contribution is -2.45. The summed E-state index contributed by atoms with van der Waals surface area (Å²) in [7, 11) is 0. The van der Waals surface area contributed by atoms with Crippen molar-refractivity contribution >= 4 is 29.7 Å². The zero-order valence-corrected chi connectivity index (χ0v) is 16.2. The molecule has 0 aliphatic carbocycles. The molecule has 7 nitrogen and oxygen atoms in total. The number of hydrogen-bond acceptors (Lipinski definition) is 5. The molecule has 0 spiro atoms. The van der Waals surface area contributed by atoms with Gasteiger partial charge < -0.3 is 16.0 Å². The number of hydrogen-bond donors (Lipinski definition) is 2. The van der Waals surface area contributed by atoms with Gasteiger partial charge >= 0.3 is 6.18 Å². The number of anilines is 1. The summed E-state index contributed by atoms with van der Waals surface area (Å²) in [6.07, 6.45) is -2.73. The number of nitro groups is 1. The molecule has 1 aromatic carbocycles. The van der Waals surface area contributed by atoms with Gasteiger partial charge in [-0.25, -0.2) is 0 Å².